The van der Waals surface area contributed by atoms with Crippen LogP contribution in [-0.2, 0) is 4.79 Å². The number of rotatable bonds is 4. The molecule has 0 aliphatic rings. The molecule has 0 saturated carbocycles. The fraction of sp³-hybridized carbons (Fsp3) is 0.250. The van der Waals surface area contributed by atoms with Crippen LogP contribution in [0, 0.1) is 0 Å². The highest BCUT2D eigenvalue weighted by molar-refractivity contribution is 5.79. The van der Waals surface area contributed by atoms with Crippen molar-refractivity contribution < 1.29 is 9.90 Å². The molecular formula is C8H11NO2. The van der Waals surface area contributed by atoms with Gasteiger partial charge in [-0.3, -0.25) is 4.99 Å². The number of allylic oxidation sites excluding steroid dienone is 2. The Morgan fingerprint density at radius 1 is 1.55 bits per heavy atom. The number of hydrogen-bond acceptors (Lipinski definition) is 2. The minimum Gasteiger partial charge on any atom is -0.478 e. The van der Waals surface area contributed by atoms with E-state index < -0.39 is 5.97 Å². The lowest BCUT2D eigenvalue weighted by Crippen LogP contribution is -1.84. The van der Waals surface area contributed by atoms with Gasteiger partial charge in [0.05, 0.1) is 0 Å². The van der Waals surface area contributed by atoms with E-state index in [0.717, 1.165) is 6.08 Å². The first kappa shape index (κ1) is 9.62. The first-order valence-corrected chi connectivity index (χ1v) is 3.29. The summed E-state index contributed by atoms with van der Waals surface area (Å²) in [4.78, 5) is 13.7. The van der Waals surface area contributed by atoms with Crippen LogP contribution in [0.15, 0.2) is 29.4 Å². The van der Waals surface area contributed by atoms with E-state index in [0.29, 0.717) is 6.42 Å². The zero-order chi connectivity index (χ0) is 8.53. The molecular weight excluding hydrogens is 142 g/mol. The van der Waals surface area contributed by atoms with Gasteiger partial charge in [-0.05, 0) is 13.3 Å². The van der Waals surface area contributed by atoms with Crippen molar-refractivity contribution in [2.45, 2.75) is 13.3 Å². The van der Waals surface area contributed by atoms with Crippen molar-refractivity contribution in [3.8, 4) is 0 Å². The normalized spacial score (nSPS) is 12.1. The van der Waals surface area contributed by atoms with Crippen LogP contribution < -0.4 is 0 Å². The highest BCUT2D eigenvalue weighted by Crippen LogP contribution is 1.85. The summed E-state index contributed by atoms with van der Waals surface area (Å²) in [6.07, 6.45) is 8.34. The van der Waals surface area contributed by atoms with Crippen LogP contribution in [0.5, 0.6) is 0 Å². The molecule has 0 aromatic rings. The summed E-state index contributed by atoms with van der Waals surface area (Å²) in [5, 5.41) is 8.18. The molecule has 0 unspecified atom stereocenters. The monoisotopic (exact) mass is 153 g/mol. The molecule has 0 aromatic heterocycles. The average molecular weight is 153 g/mol. The van der Waals surface area contributed by atoms with Gasteiger partial charge in [-0.1, -0.05) is 12.2 Å². The maximum absolute atomic E-state index is 9.95. The molecule has 60 valence electrons. The van der Waals surface area contributed by atoms with Gasteiger partial charge >= 0.3 is 5.97 Å². The minimum atomic E-state index is -0.919. The van der Waals surface area contributed by atoms with Crippen molar-refractivity contribution in [1.29, 1.82) is 0 Å². The van der Waals surface area contributed by atoms with Crippen molar-refractivity contribution in [2.24, 2.45) is 4.99 Å². The quantitative estimate of drug-likeness (QED) is 0.493. The Labute approximate surface area is 65.8 Å². The predicted molar refractivity (Wildman–Crippen MR) is 44.7 cm³/mol. The van der Waals surface area contributed by atoms with E-state index in [9.17, 15) is 4.79 Å². The third-order valence-electron chi connectivity index (χ3n) is 0.873. The Kier molecular flexibility index (Phi) is 5.89. The van der Waals surface area contributed by atoms with E-state index in [1.54, 1.807) is 24.6 Å². The van der Waals surface area contributed by atoms with Crippen LogP contribution in [0.4, 0.5) is 0 Å². The first-order valence-electron chi connectivity index (χ1n) is 3.29. The summed E-state index contributed by atoms with van der Waals surface area (Å²) in [6, 6.07) is 0. The topological polar surface area (TPSA) is 49.7 Å². The number of carboxylic acids is 1. The third kappa shape index (κ3) is 8.62. The second kappa shape index (κ2) is 6.74. The number of aliphatic imine (C=N–C) groups is 1. The van der Waals surface area contributed by atoms with Gasteiger partial charge in [0, 0.05) is 18.5 Å². The Morgan fingerprint density at radius 3 is 2.82 bits per heavy atom. The lowest BCUT2D eigenvalue weighted by Gasteiger charge is -1.78. The molecule has 0 amide bonds. The zero-order valence-corrected chi connectivity index (χ0v) is 6.40. The highest BCUT2D eigenvalue weighted by atomic mass is 16.4. The van der Waals surface area contributed by atoms with Crippen LogP contribution in [0.25, 0.3) is 0 Å². The largest absolute Gasteiger partial charge is 0.478 e. The number of carboxylic acid groups (broad SMARTS) is 1. The van der Waals surface area contributed by atoms with Gasteiger partial charge in [0.15, 0.2) is 0 Å². The smallest absolute Gasteiger partial charge is 0.327 e. The molecule has 0 aliphatic heterocycles. The minimum absolute atomic E-state index is 0.601. The summed E-state index contributed by atoms with van der Waals surface area (Å²) in [6.45, 7) is 1.82. The van der Waals surface area contributed by atoms with Gasteiger partial charge < -0.3 is 5.11 Å². The molecule has 0 atom stereocenters. The van der Waals surface area contributed by atoms with Crippen LogP contribution >= 0.6 is 0 Å². The molecule has 0 fully saturated rings. The molecule has 0 aliphatic carbocycles. The third-order valence-corrected chi connectivity index (χ3v) is 0.873. The van der Waals surface area contributed by atoms with Gasteiger partial charge in [-0.15, -0.1) is 0 Å². The van der Waals surface area contributed by atoms with E-state index in [1.165, 1.54) is 0 Å². The molecule has 0 rings (SSSR count). The standard InChI is InChI=1S/C8H11NO2/c1-2-9-7-5-3-4-6-8(10)11/h2,4-7H,3H2,1H3,(H,10,11)/b6-4+,7-5-,9-2-. The van der Waals surface area contributed by atoms with Gasteiger partial charge in [0.1, 0.15) is 0 Å². The van der Waals surface area contributed by atoms with Crippen LogP contribution in [-0.4, -0.2) is 17.3 Å². The van der Waals surface area contributed by atoms with E-state index >= 15 is 0 Å². The van der Waals surface area contributed by atoms with E-state index in [1.807, 2.05) is 6.92 Å². The van der Waals surface area contributed by atoms with Gasteiger partial charge in [0.25, 0.3) is 0 Å². The van der Waals surface area contributed by atoms with Crippen molar-refractivity contribution in [2.75, 3.05) is 0 Å². The number of aliphatic carboxylic acids is 1. The van der Waals surface area contributed by atoms with Crippen LogP contribution in [0.2, 0.25) is 0 Å². The number of hydrogen-bond donors (Lipinski definition) is 1. The second-order valence-electron chi connectivity index (χ2n) is 1.77. The zero-order valence-electron chi connectivity index (χ0n) is 6.40. The Bertz CT molecular complexity index is 192. The molecule has 0 radical (unpaired) electrons. The Morgan fingerprint density at radius 2 is 2.27 bits per heavy atom. The summed E-state index contributed by atoms with van der Waals surface area (Å²) >= 11 is 0. The van der Waals surface area contributed by atoms with Gasteiger partial charge in [-0.2, -0.15) is 0 Å². The lowest BCUT2D eigenvalue weighted by atomic mass is 10.4. The summed E-state index contributed by atoms with van der Waals surface area (Å²) in [5.74, 6) is -0.919. The van der Waals surface area contributed by atoms with Gasteiger partial charge in [-0.25, -0.2) is 4.79 Å². The average Bonchev–Trinajstić information content (AvgIpc) is 1.96. The second-order valence-corrected chi connectivity index (χ2v) is 1.77. The molecule has 3 nitrogen and oxygen atoms in total. The van der Waals surface area contributed by atoms with E-state index in [4.69, 9.17) is 5.11 Å². The SMILES string of the molecule is C/C=N\C=C/C/C=C/C(=O)O. The summed E-state index contributed by atoms with van der Waals surface area (Å²) < 4.78 is 0. The molecule has 11 heavy (non-hydrogen) atoms. The van der Waals surface area contributed by atoms with E-state index in [-0.39, 0.29) is 0 Å². The number of nitrogens with zero attached hydrogens (tertiary/aromatic N) is 1. The summed E-state index contributed by atoms with van der Waals surface area (Å²) in [5.41, 5.74) is 0. The molecule has 0 saturated heterocycles. The molecule has 0 bridgehead atoms. The van der Waals surface area contributed by atoms with Crippen LogP contribution in [0.1, 0.15) is 13.3 Å². The fourth-order valence-electron chi connectivity index (χ4n) is 0.455. The van der Waals surface area contributed by atoms with Crippen molar-refractivity contribution in [3.05, 3.63) is 24.4 Å². The Hall–Kier alpha value is -1.38. The van der Waals surface area contributed by atoms with Crippen molar-refractivity contribution in [3.63, 3.8) is 0 Å². The van der Waals surface area contributed by atoms with Crippen molar-refractivity contribution in [1.82, 2.24) is 0 Å². The molecule has 0 aromatic carbocycles. The fourth-order valence-corrected chi connectivity index (χ4v) is 0.455. The Balaban J connectivity index is 3.48. The van der Waals surface area contributed by atoms with Gasteiger partial charge in [0.2, 0.25) is 0 Å². The molecule has 3 heteroatoms. The highest BCUT2D eigenvalue weighted by Gasteiger charge is 1.80. The molecule has 0 spiro atoms. The first-order chi connectivity index (χ1) is 5.27. The van der Waals surface area contributed by atoms with Crippen molar-refractivity contribution >= 4 is 12.2 Å². The maximum Gasteiger partial charge on any atom is 0.327 e. The predicted octanol–water partition coefficient (Wildman–Crippen LogP) is 1.62. The summed E-state index contributed by atoms with van der Waals surface area (Å²) in [7, 11) is 0. The maximum atomic E-state index is 9.95. The number of carbonyl (C=O) groups is 1. The van der Waals surface area contributed by atoms with E-state index in [2.05, 4.69) is 4.99 Å². The lowest BCUT2D eigenvalue weighted by molar-refractivity contribution is -0.131. The molecule has 0 heterocycles. The molecule has 1 N–H and O–H groups in total. The van der Waals surface area contributed by atoms with Crippen LogP contribution in [0.3, 0.4) is 0 Å².